The lowest BCUT2D eigenvalue weighted by Gasteiger charge is -2.61. The summed E-state index contributed by atoms with van der Waals surface area (Å²) in [5.74, 6) is 12.8. The first-order valence-electron chi connectivity index (χ1n) is 46.5. The predicted octanol–water partition coefficient (Wildman–Crippen LogP) is 29.2. The Labute approximate surface area is 692 Å². The monoisotopic (exact) mass is 1510 g/mol. The van der Waals surface area contributed by atoms with E-state index in [-0.39, 0.29) is 27.1 Å². The number of nitrogens with zero attached hydrogens (tertiary/aromatic N) is 2. The summed E-state index contributed by atoms with van der Waals surface area (Å²) in [5, 5.41) is 0. The van der Waals surface area contributed by atoms with Gasteiger partial charge in [-0.25, -0.2) is 0 Å². The van der Waals surface area contributed by atoms with Crippen LogP contribution in [0.15, 0.2) is 267 Å². The van der Waals surface area contributed by atoms with Gasteiger partial charge in [-0.2, -0.15) is 0 Å². The van der Waals surface area contributed by atoms with Crippen LogP contribution in [-0.2, 0) is 27.1 Å². The van der Waals surface area contributed by atoms with Gasteiger partial charge in [-0.1, -0.05) is 208 Å². The van der Waals surface area contributed by atoms with Gasteiger partial charge in [0.05, 0.1) is 0 Å². The first-order chi connectivity index (χ1) is 57.5. The summed E-state index contributed by atoms with van der Waals surface area (Å²) in [6, 6.07) is 109. The summed E-state index contributed by atoms with van der Waals surface area (Å²) in [6.45, 7) is 4.87. The summed E-state index contributed by atoms with van der Waals surface area (Å²) in [6.07, 6.45) is 28.0. The van der Waals surface area contributed by atoms with E-state index in [0.717, 1.165) is 47.3 Å². The van der Waals surface area contributed by atoms with Crippen LogP contribution in [0.25, 0.3) is 66.8 Å². The van der Waals surface area contributed by atoms with E-state index >= 15 is 0 Å². The second-order valence-corrected chi connectivity index (χ2v) is 42.3. The fourth-order valence-electron chi connectivity index (χ4n) is 34.0. The van der Waals surface area contributed by atoms with Crippen molar-refractivity contribution in [1.82, 2.24) is 0 Å². The molecule has 16 bridgehead atoms. The molecule has 2 heteroatoms. The fraction of sp³-hybridized carbons (Fsp3) is 0.374. The van der Waals surface area contributed by atoms with Crippen LogP contribution < -0.4 is 9.80 Å². The molecule has 576 valence electrons. The zero-order chi connectivity index (χ0) is 76.3. The molecule has 16 fully saturated rings. The van der Waals surface area contributed by atoms with E-state index in [1.807, 2.05) is 0 Å². The van der Waals surface area contributed by atoms with Crippen molar-refractivity contribution in [2.24, 2.45) is 94.7 Å². The fourth-order valence-corrected chi connectivity index (χ4v) is 34.0. The number of hydrogen-bond acceptors (Lipinski definition) is 2. The molecule has 0 atom stereocenters. The number of rotatable bonds is 10. The smallest absolute Gasteiger partial charge is 0.0467 e. The van der Waals surface area contributed by atoms with Crippen molar-refractivity contribution in [2.45, 2.75) is 169 Å². The molecule has 0 amide bonds. The number of anilines is 6. The van der Waals surface area contributed by atoms with Crippen LogP contribution in [0.2, 0.25) is 0 Å². The van der Waals surface area contributed by atoms with Gasteiger partial charge in [0.25, 0.3) is 0 Å². The highest BCUT2D eigenvalue weighted by atomic mass is 15.2. The summed E-state index contributed by atoms with van der Waals surface area (Å²) in [4.78, 5) is 5.43. The van der Waals surface area contributed by atoms with Crippen molar-refractivity contribution < 1.29 is 0 Å². The Morgan fingerprint density at radius 3 is 0.667 bits per heavy atom. The molecule has 2 nitrogen and oxygen atoms in total. The lowest BCUT2D eigenvalue weighted by atomic mass is 9.43. The van der Waals surface area contributed by atoms with Crippen molar-refractivity contribution in [2.75, 3.05) is 9.80 Å². The predicted molar refractivity (Wildman–Crippen MR) is 478 cm³/mol. The van der Waals surface area contributed by atoms with Gasteiger partial charge in [0, 0.05) is 61.2 Å². The molecule has 16 saturated carbocycles. The maximum Gasteiger partial charge on any atom is 0.0467 e. The van der Waals surface area contributed by atoms with Crippen LogP contribution in [0.3, 0.4) is 0 Å². The first kappa shape index (κ1) is 67.2. The van der Waals surface area contributed by atoms with E-state index in [2.05, 4.69) is 291 Å². The Kier molecular flexibility index (Phi) is 13.7. The SMILES string of the molecule is CC(C)(c1ccc(-c2cccc(N(c3ccc4c(c3)C3(c5ccccc5-4)C4CC5CC(C4)CC3C5)c3ccc4c(c3)C3(c5ccccc5-4)C4CC5CC(C4)CC3C5)c2)cc1)c1ccc(-c2cccc(N(c3ccc4c(c3)C3(c5ccccc5-4)C4CC5CC(C4)CC3C5)c3ccc4c(c3)C3(c5ccccc5-4)C4CC5CC(C4)CC3C5)c2)cc1. The Hall–Kier alpha value is -9.76. The van der Waals surface area contributed by atoms with Gasteiger partial charge in [-0.15, -0.1) is 0 Å². The third-order valence-corrected chi connectivity index (χ3v) is 37.3. The van der Waals surface area contributed by atoms with E-state index in [1.165, 1.54) is 240 Å². The van der Waals surface area contributed by atoms with Crippen LogP contribution in [0.1, 0.15) is 198 Å². The van der Waals surface area contributed by atoms with Crippen molar-refractivity contribution in [3.05, 3.63) is 323 Å². The lowest BCUT2D eigenvalue weighted by molar-refractivity contribution is -0.0399. The van der Waals surface area contributed by atoms with Crippen LogP contribution in [0.5, 0.6) is 0 Å². The second kappa shape index (κ2) is 23.8. The molecule has 0 N–H and O–H groups in total. The van der Waals surface area contributed by atoms with Crippen molar-refractivity contribution in [3.8, 4) is 66.8 Å². The third-order valence-electron chi connectivity index (χ3n) is 37.3. The van der Waals surface area contributed by atoms with Crippen LogP contribution in [-0.4, -0.2) is 0 Å². The normalized spacial score (nSPS) is 33.5. The maximum absolute atomic E-state index is 2.74. The lowest BCUT2D eigenvalue weighted by Crippen LogP contribution is -2.55. The van der Waals surface area contributed by atoms with Gasteiger partial charge in [-0.05, 0) is 418 Å². The molecule has 12 aromatic carbocycles. The molecule has 0 saturated heterocycles. The molecule has 20 aliphatic rings. The van der Waals surface area contributed by atoms with E-state index in [9.17, 15) is 0 Å². The summed E-state index contributed by atoms with van der Waals surface area (Å²) in [5.41, 5.74) is 40.4. The summed E-state index contributed by atoms with van der Waals surface area (Å²) in [7, 11) is 0. The average Bonchev–Trinajstić information content (AvgIpc) is 1.57. The molecular formula is C115H106N2. The summed E-state index contributed by atoms with van der Waals surface area (Å²) >= 11 is 0. The van der Waals surface area contributed by atoms with E-state index in [4.69, 9.17) is 0 Å². The van der Waals surface area contributed by atoms with Gasteiger partial charge in [0.15, 0.2) is 0 Å². The first-order valence-corrected chi connectivity index (χ1v) is 46.5. The molecule has 0 aliphatic heterocycles. The van der Waals surface area contributed by atoms with Gasteiger partial charge >= 0.3 is 0 Å². The topological polar surface area (TPSA) is 6.48 Å². The molecule has 0 aromatic heterocycles. The minimum absolute atomic E-state index is 0.0752. The van der Waals surface area contributed by atoms with E-state index < -0.39 is 0 Å². The molecule has 4 spiro atoms. The van der Waals surface area contributed by atoms with Crippen molar-refractivity contribution in [1.29, 1.82) is 0 Å². The molecular weight excluding hydrogens is 1410 g/mol. The highest BCUT2D eigenvalue weighted by molar-refractivity contribution is 5.93. The zero-order valence-corrected chi connectivity index (χ0v) is 68.2. The summed E-state index contributed by atoms with van der Waals surface area (Å²) < 4.78 is 0. The van der Waals surface area contributed by atoms with Gasteiger partial charge < -0.3 is 9.80 Å². The van der Waals surface area contributed by atoms with E-state index in [0.29, 0.717) is 47.3 Å². The highest BCUT2D eigenvalue weighted by Gasteiger charge is 2.67. The molecule has 0 unspecified atom stereocenters. The van der Waals surface area contributed by atoms with Crippen LogP contribution in [0, 0.1) is 94.7 Å². The Morgan fingerprint density at radius 2 is 0.419 bits per heavy atom. The molecule has 0 heterocycles. The van der Waals surface area contributed by atoms with Gasteiger partial charge in [0.2, 0.25) is 0 Å². The Balaban J connectivity index is 0.526. The van der Waals surface area contributed by atoms with Gasteiger partial charge in [-0.3, -0.25) is 0 Å². The Bertz CT molecular complexity index is 5440. The van der Waals surface area contributed by atoms with Crippen molar-refractivity contribution >= 4 is 34.1 Å². The van der Waals surface area contributed by atoms with Crippen LogP contribution in [0.4, 0.5) is 34.1 Å². The number of hydrogen-bond donors (Lipinski definition) is 0. The van der Waals surface area contributed by atoms with Crippen LogP contribution >= 0.6 is 0 Å². The zero-order valence-electron chi connectivity index (χ0n) is 68.2. The molecule has 117 heavy (non-hydrogen) atoms. The molecule has 0 radical (unpaired) electrons. The number of fused-ring (bicyclic) bond motifs is 12. The minimum atomic E-state index is -0.248. The second-order valence-electron chi connectivity index (χ2n) is 42.3. The maximum atomic E-state index is 2.74. The molecule has 20 aliphatic carbocycles. The molecule has 32 rings (SSSR count). The van der Waals surface area contributed by atoms with E-state index in [1.54, 1.807) is 44.5 Å². The Morgan fingerprint density at radius 1 is 0.197 bits per heavy atom. The quantitative estimate of drug-likeness (QED) is 0.135. The van der Waals surface area contributed by atoms with Crippen molar-refractivity contribution in [3.63, 3.8) is 0 Å². The molecule has 12 aromatic rings. The average molecular weight is 1520 g/mol. The minimum Gasteiger partial charge on any atom is -0.310 e. The highest BCUT2D eigenvalue weighted by Crippen LogP contribution is 2.75. The largest absolute Gasteiger partial charge is 0.310 e. The standard InChI is InChI=1S/C115H106N2/c1-111(2,79-29-25-75(26-30-79)77-13-11-15-89(61-77)116(91-33-37-99-95-17-3-7-21-103(95)112(107(99)63-91)81-45-67-41-68(47-81)48-82(112)46-67)92-34-38-100-96-18-4-8-22-104(96)113(108(100)64-92)83-49-69-42-70(51-83)52-84(113)50-69)80-31-27-76(28-32-80)78-14-12-16-90(62-78)117(93-35-39-101-97-19-5-9-23-105(97)114(109(101)65-93)85-53-71-43-72(55-85)56-86(114)54-71)94-36-40-102-98-20-6-10-24-106(98)115(110(102)66-94)87-57-73-44-74(59-87)60-88(115)58-73/h3-40,61-74,81-88H,41-60H2,1-2H3. The van der Waals surface area contributed by atoms with Gasteiger partial charge in [0.1, 0.15) is 0 Å². The number of benzene rings is 12. The third kappa shape index (κ3) is 8.80.